The fourth-order valence-corrected chi connectivity index (χ4v) is 8.93. The van der Waals surface area contributed by atoms with E-state index in [2.05, 4.69) is 123 Å². The van der Waals surface area contributed by atoms with Crippen molar-refractivity contribution in [1.82, 2.24) is 0 Å². The highest BCUT2D eigenvalue weighted by Gasteiger charge is 2.49. The van der Waals surface area contributed by atoms with E-state index >= 15 is 0 Å². The second-order valence-corrected chi connectivity index (χ2v) is 13.7. The summed E-state index contributed by atoms with van der Waals surface area (Å²) in [6.45, 7) is 4.53. The van der Waals surface area contributed by atoms with Crippen molar-refractivity contribution in [3.8, 4) is 0 Å². The van der Waals surface area contributed by atoms with Gasteiger partial charge < -0.3 is 4.74 Å². The van der Waals surface area contributed by atoms with Gasteiger partial charge in [-0.1, -0.05) is 102 Å². The van der Waals surface area contributed by atoms with E-state index in [0.29, 0.717) is 23.7 Å². The van der Waals surface area contributed by atoms with E-state index in [4.69, 9.17) is 4.74 Å². The molecule has 6 aliphatic rings. The Bertz CT molecular complexity index is 2010. The molecule has 1 fully saturated rings. The Morgan fingerprint density at radius 1 is 0.837 bits per heavy atom. The lowest BCUT2D eigenvalue weighted by molar-refractivity contribution is -0.0642. The van der Waals surface area contributed by atoms with Crippen molar-refractivity contribution >= 4 is 33.6 Å². The molecule has 1 aliphatic heterocycles. The van der Waals surface area contributed by atoms with Crippen LogP contribution in [0.4, 0.5) is 0 Å². The van der Waals surface area contributed by atoms with Crippen LogP contribution < -0.4 is 10.4 Å². The van der Waals surface area contributed by atoms with Gasteiger partial charge in [-0.2, -0.15) is 0 Å². The molecule has 3 aromatic carbocycles. The van der Waals surface area contributed by atoms with Crippen molar-refractivity contribution in [2.75, 3.05) is 0 Å². The Morgan fingerprint density at radius 2 is 1.70 bits per heavy atom. The van der Waals surface area contributed by atoms with E-state index in [1.165, 1.54) is 78.6 Å². The molecule has 0 N–H and O–H groups in total. The van der Waals surface area contributed by atoms with Crippen LogP contribution in [0.15, 0.2) is 114 Å². The molecule has 0 amide bonds. The number of benzene rings is 3. The van der Waals surface area contributed by atoms with Crippen LogP contribution in [-0.4, -0.2) is 12.2 Å². The van der Waals surface area contributed by atoms with E-state index in [1.807, 2.05) is 0 Å². The zero-order valence-corrected chi connectivity index (χ0v) is 25.1. The lowest BCUT2D eigenvalue weighted by Crippen LogP contribution is -2.53. The van der Waals surface area contributed by atoms with Gasteiger partial charge in [0.1, 0.15) is 0 Å². The highest BCUT2D eigenvalue weighted by Crippen LogP contribution is 2.51. The van der Waals surface area contributed by atoms with Crippen LogP contribution in [0.1, 0.15) is 49.3 Å². The number of allylic oxidation sites excluding steroid dienone is 10. The first kappa shape index (κ1) is 25.5. The first-order valence-corrected chi connectivity index (χ1v) is 16.2. The normalized spacial score (nSPS) is 30.1. The second-order valence-electron chi connectivity index (χ2n) is 13.7. The van der Waals surface area contributed by atoms with Crippen molar-refractivity contribution in [1.29, 1.82) is 0 Å². The largest absolute Gasteiger partial charge is 0.365 e. The number of hydrogen-bond acceptors (Lipinski definition) is 1. The summed E-state index contributed by atoms with van der Waals surface area (Å²) in [4.78, 5) is 0. The first-order valence-electron chi connectivity index (χ1n) is 16.2. The third-order valence-corrected chi connectivity index (χ3v) is 11.0. The molecule has 6 atom stereocenters. The fourth-order valence-electron chi connectivity index (χ4n) is 8.93. The smallest absolute Gasteiger partial charge is 0.0904 e. The first-order chi connectivity index (χ1) is 21.1. The van der Waals surface area contributed by atoms with Crippen LogP contribution in [0.5, 0.6) is 0 Å². The van der Waals surface area contributed by atoms with E-state index in [0.717, 1.165) is 12.8 Å². The fraction of sp³-hybridized carbons (Fsp3) is 0.286. The van der Waals surface area contributed by atoms with E-state index in [9.17, 15) is 0 Å². The molecule has 1 heteroatoms. The van der Waals surface area contributed by atoms with Gasteiger partial charge in [0.15, 0.2) is 0 Å². The molecule has 0 spiro atoms. The predicted molar refractivity (Wildman–Crippen MR) is 179 cm³/mol. The quantitative estimate of drug-likeness (QED) is 0.307. The van der Waals surface area contributed by atoms with Gasteiger partial charge in [0.2, 0.25) is 0 Å². The van der Waals surface area contributed by atoms with Gasteiger partial charge in [-0.05, 0) is 124 Å². The molecule has 1 nitrogen and oxygen atoms in total. The van der Waals surface area contributed by atoms with Crippen molar-refractivity contribution in [2.45, 2.75) is 51.7 Å². The summed E-state index contributed by atoms with van der Waals surface area (Å²) in [6, 6.07) is 21.0. The van der Waals surface area contributed by atoms with Gasteiger partial charge in [-0.3, -0.25) is 0 Å². The maximum absolute atomic E-state index is 7.13. The Hall–Kier alpha value is -3.94. The Kier molecular flexibility index (Phi) is 5.82. The van der Waals surface area contributed by atoms with E-state index in [1.54, 1.807) is 0 Å². The molecule has 3 aromatic rings. The summed E-state index contributed by atoms with van der Waals surface area (Å²) >= 11 is 0. The van der Waals surface area contributed by atoms with E-state index < -0.39 is 0 Å². The van der Waals surface area contributed by atoms with E-state index in [-0.39, 0.29) is 12.2 Å². The number of rotatable bonds is 2. The molecular weight excluding hydrogens is 520 g/mol. The maximum Gasteiger partial charge on any atom is 0.0904 e. The topological polar surface area (TPSA) is 9.23 Å². The van der Waals surface area contributed by atoms with Gasteiger partial charge in [-0.25, -0.2) is 0 Å². The summed E-state index contributed by atoms with van der Waals surface area (Å²) in [5.41, 5.74) is 11.3. The molecule has 9 rings (SSSR count). The minimum Gasteiger partial charge on any atom is -0.365 e. The average molecular weight is 559 g/mol. The lowest BCUT2D eigenvalue weighted by Gasteiger charge is -2.50. The Morgan fingerprint density at radius 3 is 2.60 bits per heavy atom. The molecule has 0 bridgehead atoms. The number of fused-ring (bicyclic) bond motifs is 5. The summed E-state index contributed by atoms with van der Waals surface area (Å²) in [6.07, 6.45) is 26.2. The highest BCUT2D eigenvalue weighted by molar-refractivity contribution is 5.90. The summed E-state index contributed by atoms with van der Waals surface area (Å²) < 4.78 is 7.13. The SMILES string of the molecule is CC1=CC2=c3cc(C)ccc3=CC3OC4C(c5ccc6cc(C7=CC=C8C=CCCC8C7)ccc6c5)=CC=CC4C(C1)C23. The van der Waals surface area contributed by atoms with Crippen molar-refractivity contribution in [3.05, 3.63) is 141 Å². The molecule has 0 aromatic heterocycles. The van der Waals surface area contributed by atoms with Gasteiger partial charge in [0.05, 0.1) is 12.2 Å². The molecule has 6 unspecified atom stereocenters. The summed E-state index contributed by atoms with van der Waals surface area (Å²) in [5, 5.41) is 5.35. The third-order valence-electron chi connectivity index (χ3n) is 11.0. The number of aryl methyl sites for hydroxylation is 1. The standard InChI is InChI=1S/C42H38O/c1-25-10-11-34-24-40-41-38(19-26(2)20-39(41)37(34)18-25)36-9-5-8-35(42(36)43-40)33-17-16-31-22-30(14-15-32(31)23-33)29-13-12-27-6-3-4-7-28(27)21-29/h3,5-6,8-18,20,22-24,28,36,38,40-42H,4,7,19,21H2,1-2H3. The molecule has 5 aliphatic carbocycles. The van der Waals surface area contributed by atoms with Crippen LogP contribution in [0.25, 0.3) is 33.6 Å². The predicted octanol–water partition coefficient (Wildman–Crippen LogP) is 8.39. The molecule has 212 valence electrons. The molecular formula is C42H38O. The third kappa shape index (κ3) is 4.16. The molecule has 43 heavy (non-hydrogen) atoms. The van der Waals surface area contributed by atoms with Crippen LogP contribution in [0.2, 0.25) is 0 Å². The van der Waals surface area contributed by atoms with Gasteiger partial charge in [-0.15, -0.1) is 0 Å². The zero-order chi connectivity index (χ0) is 28.7. The summed E-state index contributed by atoms with van der Waals surface area (Å²) in [7, 11) is 0. The van der Waals surface area contributed by atoms with Crippen LogP contribution >= 0.6 is 0 Å². The van der Waals surface area contributed by atoms with Gasteiger partial charge in [0.25, 0.3) is 0 Å². The van der Waals surface area contributed by atoms with Crippen molar-refractivity contribution in [2.24, 2.45) is 23.7 Å². The number of hydrogen-bond donors (Lipinski definition) is 0. The van der Waals surface area contributed by atoms with Gasteiger partial charge in [0, 0.05) is 11.8 Å². The Labute approximate surface area is 254 Å². The van der Waals surface area contributed by atoms with Crippen LogP contribution in [-0.2, 0) is 4.74 Å². The zero-order valence-electron chi connectivity index (χ0n) is 25.1. The molecule has 1 heterocycles. The van der Waals surface area contributed by atoms with Crippen molar-refractivity contribution in [3.63, 3.8) is 0 Å². The minimum absolute atomic E-state index is 0.0706. The Balaban J connectivity index is 1.06. The van der Waals surface area contributed by atoms with Gasteiger partial charge >= 0.3 is 0 Å². The molecule has 0 saturated carbocycles. The molecule has 1 saturated heterocycles. The second kappa shape index (κ2) is 9.79. The van der Waals surface area contributed by atoms with Crippen LogP contribution in [0, 0.1) is 30.6 Å². The average Bonchev–Trinajstić information content (AvgIpc) is 3.04. The maximum atomic E-state index is 7.13. The summed E-state index contributed by atoms with van der Waals surface area (Å²) in [5.74, 6) is 2.02. The molecule has 0 radical (unpaired) electrons. The number of ether oxygens (including phenoxy) is 1. The minimum atomic E-state index is 0.0706. The highest BCUT2D eigenvalue weighted by atomic mass is 16.5. The lowest BCUT2D eigenvalue weighted by atomic mass is 9.62. The van der Waals surface area contributed by atoms with Crippen LogP contribution in [0.3, 0.4) is 0 Å². The van der Waals surface area contributed by atoms with Crippen molar-refractivity contribution < 1.29 is 4.74 Å². The monoisotopic (exact) mass is 558 g/mol.